The van der Waals surface area contributed by atoms with E-state index in [-0.39, 0.29) is 5.92 Å². The monoisotopic (exact) mass is 454 g/mol. The number of ether oxygens (including phenoxy) is 2. The van der Waals surface area contributed by atoms with Crippen molar-refractivity contribution in [2.75, 3.05) is 13.7 Å². The van der Waals surface area contributed by atoms with Gasteiger partial charge in [-0.1, -0.05) is 42.5 Å². The van der Waals surface area contributed by atoms with Gasteiger partial charge in [0.05, 0.1) is 7.11 Å². The molecule has 3 aromatic carbocycles. The third-order valence-corrected chi connectivity index (χ3v) is 6.35. The van der Waals surface area contributed by atoms with Gasteiger partial charge in [-0.15, -0.1) is 0 Å². The highest BCUT2D eigenvalue weighted by Crippen LogP contribution is 2.42. The van der Waals surface area contributed by atoms with Crippen LogP contribution in [0.1, 0.15) is 22.6 Å². The van der Waals surface area contributed by atoms with Crippen LogP contribution in [0.25, 0.3) is 21.8 Å². The molecule has 1 N–H and O–H groups in total. The van der Waals surface area contributed by atoms with Crippen LogP contribution in [0.5, 0.6) is 11.5 Å². The van der Waals surface area contributed by atoms with Crippen LogP contribution in [0.4, 0.5) is 0 Å². The second kappa shape index (κ2) is 8.63. The zero-order chi connectivity index (χ0) is 23.8. The summed E-state index contributed by atoms with van der Waals surface area (Å²) >= 11 is 0. The van der Waals surface area contributed by atoms with E-state index in [2.05, 4.69) is 84.2 Å². The third-order valence-electron chi connectivity index (χ3n) is 6.35. The maximum Gasteiger partial charge on any atom is 0.341 e. The van der Waals surface area contributed by atoms with E-state index in [0.717, 1.165) is 16.6 Å². The quantitative estimate of drug-likeness (QED) is 0.361. The van der Waals surface area contributed by atoms with Crippen LogP contribution < -0.4 is 9.47 Å². The molecular weight excluding hydrogens is 428 g/mol. The maximum absolute atomic E-state index is 11.0. The molecule has 6 heteroatoms. The Morgan fingerprint density at radius 2 is 1.41 bits per heavy atom. The van der Waals surface area contributed by atoms with Gasteiger partial charge in [0.15, 0.2) is 18.1 Å². The molecule has 5 rings (SSSR count). The van der Waals surface area contributed by atoms with Gasteiger partial charge in [-0.2, -0.15) is 0 Å². The fourth-order valence-electron chi connectivity index (χ4n) is 4.86. The number of hydrogen-bond donors (Lipinski definition) is 1. The lowest BCUT2D eigenvalue weighted by atomic mass is 9.84. The van der Waals surface area contributed by atoms with Gasteiger partial charge in [-0.05, 0) is 41.0 Å². The lowest BCUT2D eigenvalue weighted by Gasteiger charge is -2.19. The average molecular weight is 455 g/mol. The molecule has 0 amide bonds. The number of aliphatic carboxylic acids is 1. The Balaban J connectivity index is 1.75. The number of para-hydroxylation sites is 2. The van der Waals surface area contributed by atoms with Crippen LogP contribution in [0, 0.1) is 0 Å². The minimum atomic E-state index is -1.03. The molecule has 0 saturated heterocycles. The summed E-state index contributed by atoms with van der Waals surface area (Å²) in [5.74, 6) is -0.192. The average Bonchev–Trinajstić information content (AvgIpc) is 3.36. The highest BCUT2D eigenvalue weighted by atomic mass is 16.5. The first-order valence-electron chi connectivity index (χ1n) is 11.1. The zero-order valence-corrected chi connectivity index (χ0v) is 19.4. The number of methoxy groups -OCH3 is 1. The Bertz CT molecular complexity index is 1430. The predicted octanol–water partition coefficient (Wildman–Crippen LogP) is 5.32. The zero-order valence-electron chi connectivity index (χ0n) is 19.4. The summed E-state index contributed by atoms with van der Waals surface area (Å²) in [6.45, 7) is -0.425. The highest BCUT2D eigenvalue weighted by Gasteiger charge is 2.25. The topological polar surface area (TPSA) is 65.6 Å². The summed E-state index contributed by atoms with van der Waals surface area (Å²) in [7, 11) is 5.70. The fraction of sp³-hybridized carbons (Fsp3) is 0.179. The van der Waals surface area contributed by atoms with Gasteiger partial charge >= 0.3 is 5.97 Å². The van der Waals surface area contributed by atoms with Crippen molar-refractivity contribution in [3.63, 3.8) is 0 Å². The number of carboxylic acid groups (broad SMARTS) is 1. The molecule has 2 aromatic heterocycles. The minimum absolute atomic E-state index is 0.0698. The predicted molar refractivity (Wildman–Crippen MR) is 133 cm³/mol. The molecule has 0 unspecified atom stereocenters. The van der Waals surface area contributed by atoms with Crippen LogP contribution in [0.2, 0.25) is 0 Å². The number of carboxylic acids is 1. The minimum Gasteiger partial charge on any atom is -0.493 e. The second-order valence-corrected chi connectivity index (χ2v) is 8.45. The van der Waals surface area contributed by atoms with Crippen molar-refractivity contribution in [1.82, 2.24) is 9.13 Å². The van der Waals surface area contributed by atoms with Crippen molar-refractivity contribution in [3.05, 3.63) is 95.8 Å². The van der Waals surface area contributed by atoms with E-state index in [1.54, 1.807) is 13.2 Å². The van der Waals surface area contributed by atoms with Crippen molar-refractivity contribution in [2.24, 2.45) is 14.1 Å². The molecule has 0 fully saturated rings. The number of fused-ring (bicyclic) bond motifs is 2. The molecule has 0 aliphatic carbocycles. The van der Waals surface area contributed by atoms with Crippen molar-refractivity contribution >= 4 is 27.8 Å². The van der Waals surface area contributed by atoms with Gasteiger partial charge < -0.3 is 23.7 Å². The summed E-state index contributed by atoms with van der Waals surface area (Å²) in [5.41, 5.74) is 5.74. The van der Waals surface area contributed by atoms with E-state index in [0.29, 0.717) is 11.5 Å². The van der Waals surface area contributed by atoms with Crippen molar-refractivity contribution in [2.45, 2.75) is 5.92 Å². The number of carbonyl (C=O) groups is 1. The summed E-state index contributed by atoms with van der Waals surface area (Å²) in [4.78, 5) is 11.0. The number of nitrogens with zero attached hydrogens (tertiary/aromatic N) is 2. The summed E-state index contributed by atoms with van der Waals surface area (Å²) in [6.07, 6.45) is 4.39. The van der Waals surface area contributed by atoms with Gasteiger partial charge in [0.1, 0.15) is 0 Å². The molecule has 0 radical (unpaired) electrons. The number of rotatable bonds is 7. The van der Waals surface area contributed by atoms with E-state index >= 15 is 0 Å². The van der Waals surface area contributed by atoms with Crippen LogP contribution >= 0.6 is 0 Å². The Morgan fingerprint density at radius 1 is 0.853 bits per heavy atom. The van der Waals surface area contributed by atoms with Crippen LogP contribution in [0.3, 0.4) is 0 Å². The number of aryl methyl sites for hydroxylation is 2. The van der Waals surface area contributed by atoms with Crippen LogP contribution in [-0.4, -0.2) is 33.9 Å². The second-order valence-electron chi connectivity index (χ2n) is 8.45. The van der Waals surface area contributed by atoms with E-state index in [9.17, 15) is 4.79 Å². The summed E-state index contributed by atoms with van der Waals surface area (Å²) in [5, 5.41) is 11.4. The van der Waals surface area contributed by atoms with Gasteiger partial charge in [-0.3, -0.25) is 0 Å². The number of hydrogen-bond acceptors (Lipinski definition) is 3. The largest absolute Gasteiger partial charge is 0.493 e. The summed E-state index contributed by atoms with van der Waals surface area (Å²) in [6, 6.07) is 22.5. The molecule has 0 spiro atoms. The van der Waals surface area contributed by atoms with Gasteiger partial charge in [0, 0.05) is 54.2 Å². The number of aromatic nitrogens is 2. The maximum atomic E-state index is 11.0. The Labute approximate surface area is 197 Å². The third kappa shape index (κ3) is 3.67. The SMILES string of the molecule is COc1cc(C(c2cn(C)c3ccccc23)c2cn(C)c3ccccc23)ccc1OCC(=O)O. The molecule has 0 saturated carbocycles. The molecule has 0 atom stereocenters. The van der Waals surface area contributed by atoms with E-state index in [1.165, 1.54) is 21.9 Å². The molecule has 5 aromatic rings. The molecule has 0 aliphatic rings. The van der Waals surface area contributed by atoms with Crippen molar-refractivity contribution in [1.29, 1.82) is 0 Å². The molecule has 2 heterocycles. The molecule has 34 heavy (non-hydrogen) atoms. The molecule has 6 nitrogen and oxygen atoms in total. The van der Waals surface area contributed by atoms with Crippen molar-refractivity contribution < 1.29 is 19.4 Å². The van der Waals surface area contributed by atoms with E-state index < -0.39 is 12.6 Å². The lowest BCUT2D eigenvalue weighted by Crippen LogP contribution is -2.10. The van der Waals surface area contributed by atoms with Gasteiger partial charge in [0.25, 0.3) is 0 Å². The fourth-order valence-corrected chi connectivity index (χ4v) is 4.86. The Hall–Kier alpha value is -4.19. The highest BCUT2D eigenvalue weighted by molar-refractivity contribution is 5.90. The Morgan fingerprint density at radius 3 is 1.94 bits per heavy atom. The Kier molecular flexibility index (Phi) is 5.49. The molecule has 172 valence electrons. The smallest absolute Gasteiger partial charge is 0.341 e. The first kappa shape index (κ1) is 21.6. The van der Waals surface area contributed by atoms with Gasteiger partial charge in [0.2, 0.25) is 0 Å². The first-order chi connectivity index (χ1) is 16.5. The lowest BCUT2D eigenvalue weighted by molar-refractivity contribution is -0.139. The van der Waals surface area contributed by atoms with E-state index in [4.69, 9.17) is 14.6 Å². The van der Waals surface area contributed by atoms with E-state index in [1.807, 2.05) is 12.1 Å². The van der Waals surface area contributed by atoms with Gasteiger partial charge in [-0.25, -0.2) is 4.79 Å². The first-order valence-corrected chi connectivity index (χ1v) is 11.1. The van der Waals surface area contributed by atoms with Crippen molar-refractivity contribution in [3.8, 4) is 11.5 Å². The molecule has 0 aliphatic heterocycles. The summed E-state index contributed by atoms with van der Waals surface area (Å²) < 4.78 is 15.4. The molecular formula is C28H26N2O4. The normalized spacial score (nSPS) is 11.4. The van der Waals surface area contributed by atoms with Crippen LogP contribution in [0.15, 0.2) is 79.1 Å². The molecule has 0 bridgehead atoms. The standard InChI is InChI=1S/C28H26N2O4/c1-29-15-21(19-8-4-6-10-23(19)29)28(22-16-30(2)24-11-7-5-9-20(22)24)18-12-13-25(26(14-18)33-3)34-17-27(31)32/h4-16,28H,17H2,1-3H3,(H,31,32). The number of benzene rings is 3. The van der Waals surface area contributed by atoms with Crippen LogP contribution in [-0.2, 0) is 18.9 Å².